The van der Waals surface area contributed by atoms with Gasteiger partial charge < -0.3 is 14.9 Å². The first kappa shape index (κ1) is 17.9. The number of hydrogen-bond donors (Lipinski definition) is 2. The second kappa shape index (κ2) is 6.04. The molecule has 4 saturated carbocycles. The number of allylic oxidation sites excluding steroid dienone is 2. The molecule has 7 nitrogen and oxygen atoms in total. The maximum atomic E-state index is 12.7. The molecule has 0 aliphatic heterocycles. The van der Waals surface area contributed by atoms with E-state index in [1.54, 1.807) is 0 Å². The van der Waals surface area contributed by atoms with Gasteiger partial charge in [-0.15, -0.1) is 0 Å². The number of fused-ring (bicyclic) bond motifs is 4. The predicted octanol–water partition coefficient (Wildman–Crippen LogP) is 1.88. The lowest BCUT2D eigenvalue weighted by Crippen LogP contribution is -2.41. The summed E-state index contributed by atoms with van der Waals surface area (Å²) >= 11 is 0. The van der Waals surface area contributed by atoms with Crippen LogP contribution < -0.4 is 0 Å². The molecule has 27 heavy (non-hydrogen) atoms. The van der Waals surface area contributed by atoms with Crippen LogP contribution in [0.3, 0.4) is 0 Å². The molecule has 4 bridgehead atoms. The van der Waals surface area contributed by atoms with E-state index >= 15 is 0 Å². The zero-order valence-electron chi connectivity index (χ0n) is 14.8. The number of aliphatic carboxylic acids is 2. The van der Waals surface area contributed by atoms with Crippen molar-refractivity contribution in [2.45, 2.75) is 25.7 Å². The molecule has 8 atom stereocenters. The lowest BCUT2D eigenvalue weighted by molar-refractivity contribution is -0.174. The molecule has 0 aromatic carbocycles. The quantitative estimate of drug-likeness (QED) is 0.438. The standard InChI is InChI=1S/C20H22O7/c1-7-3-9-5-11(7)15(17(21)22)13(9)19(25)27-20(26)14-10-4-8(2)12(6-10)16(14)18(23)24/h9-16H,1-6H2,(H,21,22)(H,23,24). The Labute approximate surface area is 156 Å². The van der Waals surface area contributed by atoms with Gasteiger partial charge in [0.15, 0.2) is 0 Å². The predicted molar refractivity (Wildman–Crippen MR) is 91.0 cm³/mol. The molecule has 2 N–H and O–H groups in total. The summed E-state index contributed by atoms with van der Waals surface area (Å²) < 4.78 is 5.09. The summed E-state index contributed by atoms with van der Waals surface area (Å²) in [6.07, 6.45) is 2.26. The summed E-state index contributed by atoms with van der Waals surface area (Å²) in [6, 6.07) is 0. The number of esters is 2. The van der Waals surface area contributed by atoms with Crippen LogP contribution in [0.25, 0.3) is 0 Å². The molecule has 0 aromatic heterocycles. The molecule has 4 fully saturated rings. The van der Waals surface area contributed by atoms with Gasteiger partial charge >= 0.3 is 23.9 Å². The van der Waals surface area contributed by atoms with Gasteiger partial charge in [0.1, 0.15) is 0 Å². The monoisotopic (exact) mass is 374 g/mol. The first-order chi connectivity index (χ1) is 12.7. The molecular weight excluding hydrogens is 352 g/mol. The Balaban J connectivity index is 1.51. The molecule has 4 aliphatic rings. The van der Waals surface area contributed by atoms with Gasteiger partial charge in [-0.25, -0.2) is 0 Å². The molecule has 0 spiro atoms. The largest absolute Gasteiger partial charge is 0.481 e. The van der Waals surface area contributed by atoms with Crippen molar-refractivity contribution in [1.29, 1.82) is 0 Å². The number of ether oxygens (including phenoxy) is 1. The maximum Gasteiger partial charge on any atom is 0.317 e. The van der Waals surface area contributed by atoms with Crippen molar-refractivity contribution >= 4 is 23.9 Å². The van der Waals surface area contributed by atoms with Crippen LogP contribution in [0.15, 0.2) is 24.3 Å². The molecular formula is C20H22O7. The van der Waals surface area contributed by atoms with E-state index in [-0.39, 0.29) is 23.7 Å². The van der Waals surface area contributed by atoms with Crippen molar-refractivity contribution in [1.82, 2.24) is 0 Å². The number of carbonyl (C=O) groups excluding carboxylic acids is 2. The van der Waals surface area contributed by atoms with E-state index in [1.807, 2.05) is 0 Å². The Kier molecular flexibility index (Phi) is 4.01. The highest BCUT2D eigenvalue weighted by atomic mass is 16.6. The van der Waals surface area contributed by atoms with Crippen molar-refractivity contribution in [3.63, 3.8) is 0 Å². The number of hydrogen-bond acceptors (Lipinski definition) is 5. The van der Waals surface area contributed by atoms with Crippen molar-refractivity contribution in [3.05, 3.63) is 24.3 Å². The van der Waals surface area contributed by atoms with Gasteiger partial charge in [-0.1, -0.05) is 24.3 Å². The van der Waals surface area contributed by atoms with Crippen LogP contribution in [0, 0.1) is 47.3 Å². The normalized spacial score (nSPS) is 41.8. The van der Waals surface area contributed by atoms with E-state index in [2.05, 4.69) is 13.2 Å². The van der Waals surface area contributed by atoms with Crippen LogP contribution in [0.1, 0.15) is 25.7 Å². The van der Waals surface area contributed by atoms with Crippen molar-refractivity contribution in [2.24, 2.45) is 47.3 Å². The lowest BCUT2D eigenvalue weighted by atomic mass is 9.76. The van der Waals surface area contributed by atoms with Crippen LogP contribution in [-0.2, 0) is 23.9 Å². The molecule has 8 unspecified atom stereocenters. The Bertz CT molecular complexity index is 717. The SMILES string of the molecule is C=C1CC2CC1C(C(=O)O)C2C(=O)OC(=O)C1C2CC(=C)C(C2)C1C(=O)O. The number of carboxylic acid groups (broad SMARTS) is 2. The minimum absolute atomic E-state index is 0.182. The average Bonchev–Trinajstić information content (AvgIpc) is 3.30. The first-order valence-electron chi connectivity index (χ1n) is 9.27. The Morgan fingerprint density at radius 1 is 0.741 bits per heavy atom. The van der Waals surface area contributed by atoms with Crippen LogP contribution in [-0.4, -0.2) is 34.1 Å². The molecule has 0 saturated heterocycles. The minimum atomic E-state index is -1.09. The molecule has 4 aliphatic carbocycles. The second-order valence-corrected chi connectivity index (χ2v) is 8.45. The minimum Gasteiger partial charge on any atom is -0.481 e. The van der Waals surface area contributed by atoms with Crippen molar-refractivity contribution < 1.29 is 34.1 Å². The smallest absolute Gasteiger partial charge is 0.317 e. The van der Waals surface area contributed by atoms with Gasteiger partial charge in [0, 0.05) is 0 Å². The van der Waals surface area contributed by atoms with Gasteiger partial charge in [-0.2, -0.15) is 0 Å². The maximum absolute atomic E-state index is 12.7. The highest BCUT2D eigenvalue weighted by Crippen LogP contribution is 2.57. The van der Waals surface area contributed by atoms with Gasteiger partial charge in [-0.3, -0.25) is 19.2 Å². The molecule has 0 aromatic rings. The fraction of sp³-hybridized carbons (Fsp3) is 0.600. The van der Waals surface area contributed by atoms with Gasteiger partial charge in [0.2, 0.25) is 0 Å². The number of carboxylic acids is 2. The molecule has 7 heteroatoms. The lowest BCUT2D eigenvalue weighted by Gasteiger charge is -2.30. The van der Waals surface area contributed by atoms with Crippen LogP contribution in [0.4, 0.5) is 0 Å². The molecule has 0 radical (unpaired) electrons. The summed E-state index contributed by atoms with van der Waals surface area (Å²) in [7, 11) is 0. The highest BCUT2D eigenvalue weighted by molar-refractivity contribution is 5.93. The third-order valence-corrected chi connectivity index (χ3v) is 7.18. The fourth-order valence-corrected chi connectivity index (χ4v) is 6.13. The number of rotatable bonds is 4. The van der Waals surface area contributed by atoms with E-state index in [9.17, 15) is 29.4 Å². The molecule has 0 heterocycles. The summed E-state index contributed by atoms with van der Waals surface area (Å²) in [5.74, 6) is -8.34. The zero-order chi connectivity index (χ0) is 19.6. The summed E-state index contributed by atoms with van der Waals surface area (Å²) in [6.45, 7) is 7.79. The summed E-state index contributed by atoms with van der Waals surface area (Å²) in [5, 5.41) is 19.1. The molecule has 0 amide bonds. The van der Waals surface area contributed by atoms with Crippen molar-refractivity contribution in [3.8, 4) is 0 Å². The zero-order valence-corrected chi connectivity index (χ0v) is 14.8. The van der Waals surface area contributed by atoms with Crippen molar-refractivity contribution in [2.75, 3.05) is 0 Å². The van der Waals surface area contributed by atoms with Gasteiger partial charge in [0.25, 0.3) is 0 Å². The second-order valence-electron chi connectivity index (χ2n) is 8.45. The Morgan fingerprint density at radius 3 is 1.44 bits per heavy atom. The highest BCUT2D eigenvalue weighted by Gasteiger charge is 2.59. The Hall–Kier alpha value is -2.44. The fourth-order valence-electron chi connectivity index (χ4n) is 6.13. The average molecular weight is 374 g/mol. The van der Waals surface area contributed by atoms with E-state index in [0.29, 0.717) is 25.7 Å². The van der Waals surface area contributed by atoms with E-state index in [1.165, 1.54) is 0 Å². The number of carbonyl (C=O) groups is 4. The third kappa shape index (κ3) is 2.55. The van der Waals surface area contributed by atoms with Crippen LogP contribution in [0.2, 0.25) is 0 Å². The van der Waals surface area contributed by atoms with Crippen LogP contribution in [0.5, 0.6) is 0 Å². The molecule has 144 valence electrons. The van der Waals surface area contributed by atoms with E-state index in [4.69, 9.17) is 4.74 Å². The van der Waals surface area contributed by atoms with E-state index in [0.717, 1.165) is 11.1 Å². The molecule has 4 rings (SSSR count). The van der Waals surface area contributed by atoms with Gasteiger partial charge in [-0.05, 0) is 49.4 Å². The topological polar surface area (TPSA) is 118 Å². The summed E-state index contributed by atoms with van der Waals surface area (Å²) in [4.78, 5) is 48.6. The van der Waals surface area contributed by atoms with Crippen LogP contribution >= 0.6 is 0 Å². The van der Waals surface area contributed by atoms with Gasteiger partial charge in [0.05, 0.1) is 23.7 Å². The third-order valence-electron chi connectivity index (χ3n) is 7.18. The summed E-state index contributed by atoms with van der Waals surface area (Å²) in [5.41, 5.74) is 1.67. The Morgan fingerprint density at radius 2 is 1.11 bits per heavy atom. The van der Waals surface area contributed by atoms with E-state index < -0.39 is 47.5 Å². The first-order valence-corrected chi connectivity index (χ1v) is 9.27.